The maximum absolute atomic E-state index is 13.7. The molecule has 0 aromatic heterocycles. The van der Waals surface area contributed by atoms with Crippen LogP contribution in [0.25, 0.3) is 6.08 Å². The second kappa shape index (κ2) is 11.1. The molecule has 4 rings (SSSR count). The zero-order chi connectivity index (χ0) is 24.8. The van der Waals surface area contributed by atoms with Gasteiger partial charge < -0.3 is 20.1 Å². The van der Waals surface area contributed by atoms with Crippen molar-refractivity contribution in [3.63, 3.8) is 0 Å². The highest BCUT2D eigenvalue weighted by Crippen LogP contribution is 2.31. The van der Waals surface area contributed by atoms with Crippen molar-refractivity contribution in [2.75, 3.05) is 19.0 Å². The van der Waals surface area contributed by atoms with Crippen LogP contribution in [-0.4, -0.2) is 30.7 Å². The Labute approximate surface area is 210 Å². The molecule has 0 saturated carbocycles. The number of rotatable bonds is 7. The predicted octanol–water partition coefficient (Wildman–Crippen LogP) is 5.40. The standard InChI is InChI=1S/C25H19ClFN3O4S/c1-33-17-9-7-16(8-10-17)28-25-30-24(32)22(35-25)13-15-6-11-21(18(26)12-15)34-14-23(31)29-20-5-3-2-4-19(20)27/h2-13H,14H2,1H3,(H,29,31)(H,28,30,32)/b22-13-. The summed E-state index contributed by atoms with van der Waals surface area (Å²) in [7, 11) is 1.58. The van der Waals surface area contributed by atoms with Crippen LogP contribution in [0.1, 0.15) is 5.56 Å². The molecule has 2 amide bonds. The van der Waals surface area contributed by atoms with Gasteiger partial charge in [0.25, 0.3) is 11.8 Å². The number of para-hydroxylation sites is 1. The maximum atomic E-state index is 13.7. The van der Waals surface area contributed by atoms with Gasteiger partial charge in [0.15, 0.2) is 11.8 Å². The van der Waals surface area contributed by atoms with Gasteiger partial charge in [-0.15, -0.1) is 0 Å². The minimum absolute atomic E-state index is 0.0661. The molecule has 0 atom stereocenters. The highest BCUT2D eigenvalue weighted by atomic mass is 35.5. The second-order valence-electron chi connectivity index (χ2n) is 7.19. The summed E-state index contributed by atoms with van der Waals surface area (Å²) in [5, 5.41) is 5.88. The molecule has 0 aliphatic carbocycles. The van der Waals surface area contributed by atoms with Crippen molar-refractivity contribution in [3.05, 3.63) is 88.0 Å². The number of carbonyl (C=O) groups excluding carboxylic acids is 2. The van der Waals surface area contributed by atoms with Gasteiger partial charge in [-0.2, -0.15) is 0 Å². The first-order valence-corrected chi connectivity index (χ1v) is 11.5. The lowest BCUT2D eigenvalue weighted by Crippen LogP contribution is -2.20. The number of nitrogens with zero attached hydrogens (tertiary/aromatic N) is 1. The van der Waals surface area contributed by atoms with E-state index in [1.54, 1.807) is 61.7 Å². The van der Waals surface area contributed by atoms with E-state index in [0.717, 1.165) is 0 Å². The van der Waals surface area contributed by atoms with Crippen molar-refractivity contribution in [2.45, 2.75) is 0 Å². The van der Waals surface area contributed by atoms with E-state index in [9.17, 15) is 14.0 Å². The molecule has 1 aliphatic rings. The van der Waals surface area contributed by atoms with Crippen LogP contribution in [0.3, 0.4) is 0 Å². The number of methoxy groups -OCH3 is 1. The molecule has 178 valence electrons. The summed E-state index contributed by atoms with van der Waals surface area (Å²) in [6.07, 6.45) is 1.68. The van der Waals surface area contributed by atoms with Crippen LogP contribution in [-0.2, 0) is 9.59 Å². The Bertz CT molecular complexity index is 1330. The van der Waals surface area contributed by atoms with Gasteiger partial charge >= 0.3 is 0 Å². The molecule has 7 nitrogen and oxygen atoms in total. The largest absolute Gasteiger partial charge is 0.497 e. The smallest absolute Gasteiger partial charge is 0.264 e. The number of nitrogens with one attached hydrogen (secondary N) is 2. The van der Waals surface area contributed by atoms with Crippen molar-refractivity contribution < 1.29 is 23.5 Å². The summed E-state index contributed by atoms with van der Waals surface area (Å²) in [5.41, 5.74) is 1.41. The number of amidine groups is 1. The lowest BCUT2D eigenvalue weighted by molar-refractivity contribution is -0.118. The van der Waals surface area contributed by atoms with E-state index in [-0.39, 0.29) is 29.0 Å². The van der Waals surface area contributed by atoms with E-state index in [1.807, 2.05) is 0 Å². The summed E-state index contributed by atoms with van der Waals surface area (Å²) >= 11 is 7.50. The molecule has 1 aliphatic heterocycles. The lowest BCUT2D eigenvalue weighted by Gasteiger charge is -2.10. The third kappa shape index (κ3) is 6.40. The monoisotopic (exact) mass is 511 g/mol. The first-order chi connectivity index (χ1) is 16.9. The Morgan fingerprint density at radius 1 is 1.17 bits per heavy atom. The zero-order valence-corrected chi connectivity index (χ0v) is 20.0. The Hall–Kier alpha value is -3.82. The molecule has 1 heterocycles. The summed E-state index contributed by atoms with van der Waals surface area (Å²) < 4.78 is 24.2. The average molecular weight is 512 g/mol. The van der Waals surface area contributed by atoms with Crippen molar-refractivity contribution in [3.8, 4) is 11.5 Å². The first-order valence-electron chi connectivity index (χ1n) is 10.3. The zero-order valence-electron chi connectivity index (χ0n) is 18.4. The Morgan fingerprint density at radius 2 is 1.94 bits per heavy atom. The summed E-state index contributed by atoms with van der Waals surface area (Å²) in [4.78, 5) is 29.3. The molecule has 0 unspecified atom stereocenters. The number of carbonyl (C=O) groups is 2. The van der Waals surface area contributed by atoms with Crippen LogP contribution in [0.5, 0.6) is 11.5 Å². The summed E-state index contributed by atoms with van der Waals surface area (Å²) in [6, 6.07) is 17.9. The minimum atomic E-state index is -0.540. The number of amides is 2. The molecular weight excluding hydrogens is 493 g/mol. The number of aliphatic imine (C=N–C) groups is 1. The maximum Gasteiger partial charge on any atom is 0.264 e. The molecule has 3 aromatic carbocycles. The molecule has 0 spiro atoms. The van der Waals surface area contributed by atoms with E-state index >= 15 is 0 Å². The predicted molar refractivity (Wildman–Crippen MR) is 136 cm³/mol. The number of thioether (sulfide) groups is 1. The number of hydrogen-bond acceptors (Lipinski definition) is 6. The van der Waals surface area contributed by atoms with Crippen LogP contribution in [0.15, 0.2) is 76.6 Å². The molecule has 0 bridgehead atoms. The highest BCUT2D eigenvalue weighted by Gasteiger charge is 2.24. The molecule has 10 heteroatoms. The van der Waals surface area contributed by atoms with Gasteiger partial charge in [0.05, 0.1) is 28.4 Å². The van der Waals surface area contributed by atoms with Gasteiger partial charge in [-0.25, -0.2) is 9.38 Å². The third-order valence-corrected chi connectivity index (χ3v) is 5.92. The van der Waals surface area contributed by atoms with Gasteiger partial charge in [-0.3, -0.25) is 9.59 Å². The third-order valence-electron chi connectivity index (χ3n) is 4.71. The fourth-order valence-electron chi connectivity index (χ4n) is 3.02. The normalized spacial score (nSPS) is 15.2. The average Bonchev–Trinajstić information content (AvgIpc) is 3.18. The van der Waals surface area contributed by atoms with Gasteiger partial charge in [0.1, 0.15) is 17.3 Å². The van der Waals surface area contributed by atoms with E-state index in [0.29, 0.717) is 27.1 Å². The van der Waals surface area contributed by atoms with E-state index in [4.69, 9.17) is 21.1 Å². The van der Waals surface area contributed by atoms with Crippen molar-refractivity contribution in [1.29, 1.82) is 0 Å². The molecule has 3 aromatic rings. The topological polar surface area (TPSA) is 89.0 Å². The highest BCUT2D eigenvalue weighted by molar-refractivity contribution is 8.18. The second-order valence-corrected chi connectivity index (χ2v) is 8.62. The lowest BCUT2D eigenvalue weighted by atomic mass is 10.2. The van der Waals surface area contributed by atoms with Crippen LogP contribution in [0.2, 0.25) is 5.02 Å². The molecule has 35 heavy (non-hydrogen) atoms. The van der Waals surface area contributed by atoms with E-state index in [1.165, 1.54) is 30.0 Å². The van der Waals surface area contributed by atoms with Crippen molar-refractivity contribution >= 4 is 57.8 Å². The first kappa shape index (κ1) is 24.3. The van der Waals surface area contributed by atoms with Crippen LogP contribution >= 0.6 is 23.4 Å². The van der Waals surface area contributed by atoms with E-state index in [2.05, 4.69) is 15.6 Å². The van der Waals surface area contributed by atoms with Crippen molar-refractivity contribution in [1.82, 2.24) is 5.32 Å². The molecular formula is C25H19ClFN3O4S. The Kier molecular flexibility index (Phi) is 7.69. The van der Waals surface area contributed by atoms with Crippen molar-refractivity contribution in [2.24, 2.45) is 4.99 Å². The number of anilines is 1. The SMILES string of the molecule is COc1ccc(N=C2NC(=O)/C(=C/c3ccc(OCC(=O)Nc4ccccc4F)c(Cl)c3)S2)cc1. The number of ether oxygens (including phenoxy) is 2. The van der Waals surface area contributed by atoms with Gasteiger partial charge in [0, 0.05) is 0 Å². The fourth-order valence-corrected chi connectivity index (χ4v) is 4.11. The number of hydrogen-bond donors (Lipinski definition) is 2. The Balaban J connectivity index is 1.38. The fraction of sp³-hybridized carbons (Fsp3) is 0.0800. The summed E-state index contributed by atoms with van der Waals surface area (Å²) in [5.74, 6) is -0.346. The van der Waals surface area contributed by atoms with Crippen LogP contribution < -0.4 is 20.1 Å². The Morgan fingerprint density at radius 3 is 2.66 bits per heavy atom. The minimum Gasteiger partial charge on any atom is -0.497 e. The van der Waals surface area contributed by atoms with Gasteiger partial charge in [-0.1, -0.05) is 29.8 Å². The number of benzene rings is 3. The quantitative estimate of drug-likeness (QED) is 0.415. The molecule has 2 N–H and O–H groups in total. The van der Waals surface area contributed by atoms with E-state index < -0.39 is 11.7 Å². The number of halogens is 2. The molecule has 1 saturated heterocycles. The summed E-state index contributed by atoms with van der Waals surface area (Å²) in [6.45, 7) is -0.349. The molecule has 1 fully saturated rings. The van der Waals surface area contributed by atoms with Gasteiger partial charge in [0.2, 0.25) is 0 Å². The van der Waals surface area contributed by atoms with Gasteiger partial charge in [-0.05, 0) is 71.9 Å². The molecule has 0 radical (unpaired) electrons. The van der Waals surface area contributed by atoms with Crippen LogP contribution in [0, 0.1) is 5.82 Å². The van der Waals surface area contributed by atoms with Crippen LogP contribution in [0.4, 0.5) is 15.8 Å².